The van der Waals surface area contributed by atoms with E-state index in [1.165, 1.54) is 38.9 Å². The van der Waals surface area contributed by atoms with Crippen LogP contribution in [-0.4, -0.2) is 13.2 Å². The smallest absolute Gasteiger partial charge is 0.167 e. The number of nitrogen functional groups attached to an aromatic ring is 1. The highest BCUT2D eigenvalue weighted by Gasteiger charge is 2.21. The topological polar surface area (TPSA) is 47.3 Å². The summed E-state index contributed by atoms with van der Waals surface area (Å²) >= 11 is 0. The summed E-state index contributed by atoms with van der Waals surface area (Å²) in [5.41, 5.74) is 7.10. The van der Waals surface area contributed by atoms with Gasteiger partial charge in [-0.25, -0.2) is 4.39 Å². The number of hydrogen-bond donors (Lipinski definition) is 2. The van der Waals surface area contributed by atoms with Crippen molar-refractivity contribution in [3.8, 4) is 5.75 Å². The molecule has 2 rings (SSSR count). The maximum atomic E-state index is 13.5. The minimum atomic E-state index is -0.415. The fourth-order valence-electron chi connectivity index (χ4n) is 3.07. The highest BCUT2D eigenvalue weighted by Crippen LogP contribution is 2.33. The van der Waals surface area contributed by atoms with Gasteiger partial charge in [0.2, 0.25) is 0 Å². The van der Waals surface area contributed by atoms with E-state index in [0.29, 0.717) is 11.7 Å². The molecule has 1 saturated carbocycles. The van der Waals surface area contributed by atoms with Gasteiger partial charge in [0.15, 0.2) is 11.6 Å². The van der Waals surface area contributed by atoms with E-state index >= 15 is 0 Å². The highest BCUT2D eigenvalue weighted by molar-refractivity contribution is 5.69. The van der Waals surface area contributed by atoms with Gasteiger partial charge < -0.3 is 15.8 Å². The molecule has 0 bridgehead atoms. The van der Waals surface area contributed by atoms with Crippen molar-refractivity contribution in [2.24, 2.45) is 5.92 Å². The van der Waals surface area contributed by atoms with Crippen molar-refractivity contribution in [3.63, 3.8) is 0 Å². The second-order valence-corrected chi connectivity index (χ2v) is 5.72. The van der Waals surface area contributed by atoms with Crippen molar-refractivity contribution in [1.29, 1.82) is 0 Å². The first-order valence-electron chi connectivity index (χ1n) is 7.53. The molecule has 0 spiro atoms. The van der Waals surface area contributed by atoms with Crippen molar-refractivity contribution in [3.05, 3.63) is 17.9 Å². The second-order valence-electron chi connectivity index (χ2n) is 5.72. The van der Waals surface area contributed by atoms with Crippen LogP contribution >= 0.6 is 0 Å². The summed E-state index contributed by atoms with van der Waals surface area (Å²) in [7, 11) is 1.47. The summed E-state index contributed by atoms with van der Waals surface area (Å²) in [6.45, 7) is 2.25. The van der Waals surface area contributed by atoms with Gasteiger partial charge in [-0.15, -0.1) is 0 Å². The molecule has 0 saturated heterocycles. The quantitative estimate of drug-likeness (QED) is 0.795. The number of halogens is 1. The van der Waals surface area contributed by atoms with Crippen LogP contribution < -0.4 is 15.8 Å². The van der Waals surface area contributed by atoms with Crippen molar-refractivity contribution in [2.75, 3.05) is 18.2 Å². The summed E-state index contributed by atoms with van der Waals surface area (Å²) < 4.78 is 18.5. The Hall–Kier alpha value is -1.45. The third kappa shape index (κ3) is 3.56. The number of hydrogen-bond acceptors (Lipinski definition) is 3. The lowest BCUT2D eigenvalue weighted by atomic mass is 9.83. The molecule has 0 aliphatic heterocycles. The molecule has 1 aromatic rings. The van der Waals surface area contributed by atoms with E-state index in [1.54, 1.807) is 6.07 Å². The van der Waals surface area contributed by atoms with Gasteiger partial charge in [0.1, 0.15) is 0 Å². The summed E-state index contributed by atoms with van der Waals surface area (Å²) in [5.74, 6) is 0.696. The number of ether oxygens (including phenoxy) is 1. The average Bonchev–Trinajstić information content (AvgIpc) is 2.44. The van der Waals surface area contributed by atoms with E-state index in [2.05, 4.69) is 12.2 Å². The van der Waals surface area contributed by atoms with Gasteiger partial charge in [-0.3, -0.25) is 0 Å². The molecule has 0 amide bonds. The molecule has 0 heterocycles. The van der Waals surface area contributed by atoms with Gasteiger partial charge in [0, 0.05) is 18.2 Å². The van der Waals surface area contributed by atoms with Gasteiger partial charge >= 0.3 is 0 Å². The lowest BCUT2D eigenvalue weighted by molar-refractivity contribution is 0.319. The van der Waals surface area contributed by atoms with Crippen molar-refractivity contribution >= 4 is 11.4 Å². The van der Waals surface area contributed by atoms with E-state index < -0.39 is 5.82 Å². The minimum absolute atomic E-state index is 0.237. The molecule has 1 fully saturated rings. The first-order valence-corrected chi connectivity index (χ1v) is 7.53. The van der Waals surface area contributed by atoms with Crippen LogP contribution in [0.15, 0.2) is 12.1 Å². The number of nitrogens with one attached hydrogen (secondary N) is 1. The van der Waals surface area contributed by atoms with Crippen LogP contribution in [0.25, 0.3) is 0 Å². The zero-order chi connectivity index (χ0) is 14.5. The standard InChI is InChI=1S/C16H25FN2O/c1-3-4-11-5-7-12(8-6-11)19-15-10-16(20-2)13(17)9-14(15)18/h9-12,19H,3-8,18H2,1-2H3. The molecular formula is C16H25FN2O. The molecule has 0 radical (unpaired) electrons. The number of rotatable bonds is 5. The number of anilines is 2. The van der Waals surface area contributed by atoms with Crippen molar-refractivity contribution in [1.82, 2.24) is 0 Å². The third-order valence-corrected chi connectivity index (χ3v) is 4.23. The predicted molar refractivity (Wildman–Crippen MR) is 81.6 cm³/mol. The fraction of sp³-hybridized carbons (Fsp3) is 0.625. The van der Waals surface area contributed by atoms with Crippen molar-refractivity contribution < 1.29 is 9.13 Å². The molecule has 112 valence electrons. The maximum Gasteiger partial charge on any atom is 0.167 e. The summed E-state index contributed by atoms with van der Waals surface area (Å²) in [5, 5.41) is 3.44. The Kier molecular flexibility index (Phi) is 5.10. The zero-order valence-electron chi connectivity index (χ0n) is 12.4. The fourth-order valence-corrected chi connectivity index (χ4v) is 3.07. The summed E-state index contributed by atoms with van der Waals surface area (Å²) in [6.07, 6.45) is 7.45. The molecule has 0 unspecified atom stereocenters. The lowest BCUT2D eigenvalue weighted by Gasteiger charge is -2.30. The summed E-state index contributed by atoms with van der Waals surface area (Å²) in [4.78, 5) is 0. The largest absolute Gasteiger partial charge is 0.494 e. The van der Waals surface area contributed by atoms with Crippen molar-refractivity contribution in [2.45, 2.75) is 51.5 Å². The van der Waals surface area contributed by atoms with E-state index in [4.69, 9.17) is 10.5 Å². The molecule has 4 heteroatoms. The van der Waals surface area contributed by atoms with Gasteiger partial charge in [0.05, 0.1) is 18.5 Å². The maximum absolute atomic E-state index is 13.5. The van der Waals surface area contributed by atoms with Crippen LogP contribution in [0.3, 0.4) is 0 Å². The van der Waals surface area contributed by atoms with Crippen LogP contribution in [0.5, 0.6) is 5.75 Å². The molecule has 3 N–H and O–H groups in total. The normalized spacial score (nSPS) is 22.6. The number of benzene rings is 1. The van der Waals surface area contributed by atoms with E-state index in [-0.39, 0.29) is 5.75 Å². The Morgan fingerprint density at radius 1 is 1.30 bits per heavy atom. The molecule has 1 aromatic carbocycles. The van der Waals surface area contributed by atoms with Gasteiger partial charge in [0.25, 0.3) is 0 Å². The molecule has 0 atom stereocenters. The van der Waals surface area contributed by atoms with Crippen LogP contribution in [0.4, 0.5) is 15.8 Å². The van der Waals surface area contributed by atoms with Crippen LogP contribution in [-0.2, 0) is 0 Å². The third-order valence-electron chi connectivity index (χ3n) is 4.23. The van der Waals surface area contributed by atoms with Crippen LogP contribution in [0.1, 0.15) is 45.4 Å². The Labute approximate surface area is 120 Å². The number of nitrogens with two attached hydrogens (primary N) is 1. The van der Waals surface area contributed by atoms with E-state index in [0.717, 1.165) is 24.4 Å². The Balaban J connectivity index is 1.97. The van der Waals surface area contributed by atoms with Crippen LogP contribution in [0, 0.1) is 11.7 Å². The lowest BCUT2D eigenvalue weighted by Crippen LogP contribution is -2.26. The average molecular weight is 280 g/mol. The molecule has 3 nitrogen and oxygen atoms in total. The molecule has 20 heavy (non-hydrogen) atoms. The second kappa shape index (κ2) is 6.82. The molecule has 0 aromatic heterocycles. The molecule has 1 aliphatic carbocycles. The van der Waals surface area contributed by atoms with Crippen LogP contribution in [0.2, 0.25) is 0 Å². The first kappa shape index (κ1) is 14.9. The summed E-state index contributed by atoms with van der Waals surface area (Å²) in [6, 6.07) is 3.41. The highest BCUT2D eigenvalue weighted by atomic mass is 19.1. The van der Waals surface area contributed by atoms with E-state index in [1.807, 2.05) is 0 Å². The van der Waals surface area contributed by atoms with E-state index in [9.17, 15) is 4.39 Å². The Bertz CT molecular complexity index is 442. The molecular weight excluding hydrogens is 255 g/mol. The van der Waals surface area contributed by atoms with Gasteiger partial charge in [-0.05, 0) is 31.6 Å². The predicted octanol–water partition coefficient (Wildman–Crippen LogP) is 4.19. The van der Waals surface area contributed by atoms with Gasteiger partial charge in [-0.2, -0.15) is 0 Å². The number of methoxy groups -OCH3 is 1. The SMILES string of the molecule is CCCC1CCC(Nc2cc(OC)c(F)cc2N)CC1. The minimum Gasteiger partial charge on any atom is -0.494 e. The van der Waals surface area contributed by atoms with Gasteiger partial charge in [-0.1, -0.05) is 19.8 Å². The Morgan fingerprint density at radius 3 is 2.60 bits per heavy atom. The zero-order valence-corrected chi connectivity index (χ0v) is 12.4. The monoisotopic (exact) mass is 280 g/mol. The first-order chi connectivity index (χ1) is 9.63. The Morgan fingerprint density at radius 2 is 2.00 bits per heavy atom. The molecule has 1 aliphatic rings.